The van der Waals surface area contributed by atoms with E-state index >= 15 is 0 Å². The summed E-state index contributed by atoms with van der Waals surface area (Å²) in [7, 11) is 0. The minimum Gasteiger partial charge on any atom is -0.508 e. The molecule has 136 valence electrons. The molecule has 0 fully saturated rings. The minimum absolute atomic E-state index is 0.0710. The number of nitrogens with zero attached hydrogens (tertiary/aromatic N) is 2. The predicted octanol–water partition coefficient (Wildman–Crippen LogP) is 2.73. The predicted molar refractivity (Wildman–Crippen MR) is 96.3 cm³/mol. The lowest BCUT2D eigenvalue weighted by atomic mass is 10.1. The van der Waals surface area contributed by atoms with Gasteiger partial charge in [-0.2, -0.15) is 0 Å². The third-order valence-electron chi connectivity index (χ3n) is 3.55. The number of hydrogen-bond donors (Lipinski definition) is 2. The summed E-state index contributed by atoms with van der Waals surface area (Å²) < 4.78 is 4.99. The van der Waals surface area contributed by atoms with Gasteiger partial charge in [-0.25, -0.2) is 9.97 Å². The van der Waals surface area contributed by atoms with Crippen LogP contribution in [-0.2, 0) is 20.7 Å². The molecular formula is C17H23N3O4S. The number of esters is 1. The van der Waals surface area contributed by atoms with Crippen LogP contribution in [0.1, 0.15) is 37.2 Å². The second kappa shape index (κ2) is 9.31. The first-order valence-corrected chi connectivity index (χ1v) is 8.92. The van der Waals surface area contributed by atoms with Crippen molar-refractivity contribution < 1.29 is 19.4 Å². The number of aliphatic hydroxyl groups excluding tert-OH is 1. The van der Waals surface area contributed by atoms with Crippen LogP contribution in [0.4, 0.5) is 0 Å². The molecule has 0 saturated carbocycles. The van der Waals surface area contributed by atoms with Crippen LogP contribution < -0.4 is 0 Å². The van der Waals surface area contributed by atoms with Crippen LogP contribution in [-0.4, -0.2) is 45.4 Å². The lowest BCUT2D eigenvalue weighted by Crippen LogP contribution is -2.15. The number of allylic oxidation sites excluding steroid dienone is 1. The van der Waals surface area contributed by atoms with E-state index in [1.165, 1.54) is 25.6 Å². The van der Waals surface area contributed by atoms with Gasteiger partial charge in [0, 0.05) is 23.5 Å². The number of rotatable bonds is 8. The quantitative estimate of drug-likeness (QED) is 0.182. The topological polar surface area (TPSA) is 113 Å². The standard InChI is InChI=1S/C17H23N3O4S/c1-9(18)16(12(4)21)14(22)8-24-15(23)7-6-13-10(2)19-17(25-5)20-11(13)3/h18,22H,6-8H2,1-5H3/b16-14-,18-9?. The van der Waals surface area contributed by atoms with Crippen LogP contribution in [0.5, 0.6) is 0 Å². The number of ether oxygens (including phenoxy) is 1. The molecule has 25 heavy (non-hydrogen) atoms. The number of Topliss-reactive ketones (excluding diaryl/α,β-unsaturated/α-hetero) is 1. The summed E-state index contributed by atoms with van der Waals surface area (Å²) in [5.41, 5.74) is 2.35. The average Bonchev–Trinajstić information content (AvgIpc) is 2.51. The molecule has 0 aliphatic rings. The van der Waals surface area contributed by atoms with Crippen molar-refractivity contribution in [2.24, 2.45) is 0 Å². The fourth-order valence-corrected chi connectivity index (χ4v) is 2.82. The number of hydrogen-bond acceptors (Lipinski definition) is 8. The van der Waals surface area contributed by atoms with Gasteiger partial charge in [0.1, 0.15) is 12.4 Å². The van der Waals surface area contributed by atoms with Crippen molar-refractivity contribution in [1.82, 2.24) is 9.97 Å². The molecular weight excluding hydrogens is 342 g/mol. The SMILES string of the molecule is CSc1nc(C)c(CCC(=O)OC/C(O)=C(\C(C)=N)C(C)=O)c(C)n1. The number of aromatic nitrogens is 2. The van der Waals surface area contributed by atoms with Crippen molar-refractivity contribution in [3.8, 4) is 0 Å². The summed E-state index contributed by atoms with van der Waals surface area (Å²) in [6.07, 6.45) is 2.44. The Bertz CT molecular complexity index is 690. The van der Waals surface area contributed by atoms with Crippen LogP contribution in [0.3, 0.4) is 0 Å². The Kier molecular flexibility index (Phi) is 7.76. The van der Waals surface area contributed by atoms with E-state index in [0.717, 1.165) is 17.0 Å². The van der Waals surface area contributed by atoms with Crippen molar-refractivity contribution in [1.29, 1.82) is 5.41 Å². The number of carbonyl (C=O) groups excluding carboxylic acids is 2. The van der Waals surface area contributed by atoms with Crippen molar-refractivity contribution in [2.75, 3.05) is 12.9 Å². The minimum atomic E-state index is -0.509. The first-order valence-electron chi connectivity index (χ1n) is 7.69. The maximum Gasteiger partial charge on any atom is 0.306 e. The normalized spacial score (nSPS) is 11.7. The highest BCUT2D eigenvalue weighted by Gasteiger charge is 2.16. The van der Waals surface area contributed by atoms with Crippen molar-refractivity contribution in [2.45, 2.75) is 45.7 Å². The Morgan fingerprint density at radius 1 is 1.20 bits per heavy atom. The van der Waals surface area contributed by atoms with E-state index in [9.17, 15) is 14.7 Å². The van der Waals surface area contributed by atoms with Crippen molar-refractivity contribution in [3.05, 3.63) is 28.3 Å². The Morgan fingerprint density at radius 3 is 2.20 bits per heavy atom. The third kappa shape index (κ3) is 5.97. The van der Waals surface area contributed by atoms with Gasteiger partial charge >= 0.3 is 5.97 Å². The summed E-state index contributed by atoms with van der Waals surface area (Å²) in [5.74, 6) is -1.36. The summed E-state index contributed by atoms with van der Waals surface area (Å²) in [6, 6.07) is 0. The molecule has 0 amide bonds. The first-order chi connectivity index (χ1) is 11.7. The van der Waals surface area contributed by atoms with Gasteiger partial charge in [0.15, 0.2) is 10.9 Å². The largest absolute Gasteiger partial charge is 0.508 e. The van der Waals surface area contributed by atoms with Gasteiger partial charge in [-0.1, -0.05) is 11.8 Å². The Balaban J connectivity index is 2.69. The van der Waals surface area contributed by atoms with E-state index in [4.69, 9.17) is 10.1 Å². The van der Waals surface area contributed by atoms with Gasteiger partial charge in [-0.05, 0) is 45.9 Å². The molecule has 8 heteroatoms. The Hall–Kier alpha value is -2.22. The second-order valence-corrected chi connectivity index (χ2v) is 6.30. The number of nitrogens with one attached hydrogen (secondary N) is 1. The van der Waals surface area contributed by atoms with Gasteiger partial charge in [0.25, 0.3) is 0 Å². The lowest BCUT2D eigenvalue weighted by Gasteiger charge is -2.11. The highest BCUT2D eigenvalue weighted by Crippen LogP contribution is 2.17. The molecule has 7 nitrogen and oxygen atoms in total. The molecule has 0 aromatic carbocycles. The van der Waals surface area contributed by atoms with Gasteiger partial charge in [-0.15, -0.1) is 0 Å². The summed E-state index contributed by atoms with van der Waals surface area (Å²) in [4.78, 5) is 32.0. The fourth-order valence-electron chi connectivity index (χ4n) is 2.37. The van der Waals surface area contributed by atoms with E-state index < -0.39 is 24.1 Å². The monoisotopic (exact) mass is 365 g/mol. The molecule has 1 rings (SSSR count). The molecule has 0 atom stereocenters. The van der Waals surface area contributed by atoms with Gasteiger partial charge < -0.3 is 15.3 Å². The molecule has 1 aromatic heterocycles. The van der Waals surface area contributed by atoms with Crippen LogP contribution in [0.25, 0.3) is 0 Å². The van der Waals surface area contributed by atoms with E-state index in [1.54, 1.807) is 0 Å². The zero-order valence-corrected chi connectivity index (χ0v) is 15.9. The second-order valence-electron chi connectivity index (χ2n) is 5.52. The van der Waals surface area contributed by atoms with E-state index in [2.05, 4.69) is 9.97 Å². The van der Waals surface area contributed by atoms with Crippen LogP contribution in [0, 0.1) is 19.3 Å². The Labute approximate surface area is 151 Å². The summed E-state index contributed by atoms with van der Waals surface area (Å²) in [6.45, 7) is 5.95. The van der Waals surface area contributed by atoms with E-state index in [1.807, 2.05) is 20.1 Å². The molecule has 0 bridgehead atoms. The van der Waals surface area contributed by atoms with Crippen LogP contribution in [0.15, 0.2) is 16.5 Å². The highest BCUT2D eigenvalue weighted by atomic mass is 32.2. The molecule has 1 heterocycles. The summed E-state index contributed by atoms with van der Waals surface area (Å²) >= 11 is 1.46. The number of aryl methyl sites for hydroxylation is 2. The number of aliphatic hydroxyl groups is 1. The molecule has 0 spiro atoms. The first kappa shape index (κ1) is 20.8. The third-order valence-corrected chi connectivity index (χ3v) is 4.10. The molecule has 0 saturated heterocycles. The molecule has 0 aliphatic carbocycles. The molecule has 0 unspecified atom stereocenters. The maximum atomic E-state index is 11.9. The maximum absolute atomic E-state index is 11.9. The zero-order chi connectivity index (χ0) is 19.1. The zero-order valence-electron chi connectivity index (χ0n) is 15.1. The highest BCUT2D eigenvalue weighted by molar-refractivity contribution is 7.98. The average molecular weight is 365 g/mol. The molecule has 2 N–H and O–H groups in total. The van der Waals surface area contributed by atoms with Gasteiger partial charge in [-0.3, -0.25) is 9.59 Å². The summed E-state index contributed by atoms with van der Waals surface area (Å²) in [5, 5.41) is 18.0. The fraction of sp³-hybridized carbons (Fsp3) is 0.471. The molecule has 0 aliphatic heterocycles. The molecule has 0 radical (unpaired) electrons. The van der Waals surface area contributed by atoms with Crippen LogP contribution >= 0.6 is 11.8 Å². The van der Waals surface area contributed by atoms with Crippen LogP contribution in [0.2, 0.25) is 0 Å². The lowest BCUT2D eigenvalue weighted by molar-refractivity contribution is -0.143. The van der Waals surface area contributed by atoms with Crippen molar-refractivity contribution >= 4 is 29.2 Å². The van der Waals surface area contributed by atoms with E-state index in [0.29, 0.717) is 11.6 Å². The Morgan fingerprint density at radius 2 is 1.76 bits per heavy atom. The number of ketones is 1. The van der Waals surface area contributed by atoms with E-state index in [-0.39, 0.29) is 17.7 Å². The van der Waals surface area contributed by atoms with Gasteiger partial charge in [0.05, 0.1) is 5.57 Å². The smallest absolute Gasteiger partial charge is 0.306 e. The van der Waals surface area contributed by atoms with Gasteiger partial charge in [0.2, 0.25) is 0 Å². The van der Waals surface area contributed by atoms with Crippen molar-refractivity contribution in [3.63, 3.8) is 0 Å². The molecule has 1 aromatic rings. The number of thioether (sulfide) groups is 1. The number of carbonyl (C=O) groups is 2.